The average Bonchev–Trinajstić information content (AvgIpc) is 3.25. The van der Waals surface area contributed by atoms with Crippen LogP contribution in [0.5, 0.6) is 0 Å². The van der Waals surface area contributed by atoms with E-state index >= 15 is 0 Å². The van der Waals surface area contributed by atoms with Gasteiger partial charge in [-0.2, -0.15) is 0 Å². The molecule has 0 spiro atoms. The Bertz CT molecular complexity index is 604. The standard InChI is InChI=1S/C17H28N6O/c1-11-9-13(10-22(11)14-3-4-14)19-17(24)16-12(2)23(21-20-16)15-5-7-18-8-6-15/h11,13-15,18H,3-10H2,1-2H3,(H,19,24)/t11-,13+/m0/s1. The highest BCUT2D eigenvalue weighted by atomic mass is 16.2. The van der Waals surface area contributed by atoms with Crippen LogP contribution in [-0.4, -0.2) is 63.6 Å². The maximum absolute atomic E-state index is 12.7. The molecule has 1 amide bonds. The fraction of sp³-hybridized carbons (Fsp3) is 0.824. The first kappa shape index (κ1) is 16.0. The highest BCUT2D eigenvalue weighted by Gasteiger charge is 2.39. The van der Waals surface area contributed by atoms with Gasteiger partial charge in [0.1, 0.15) is 0 Å². The predicted octanol–water partition coefficient (Wildman–Crippen LogP) is 0.866. The highest BCUT2D eigenvalue weighted by molar-refractivity contribution is 5.93. The van der Waals surface area contributed by atoms with Crippen molar-refractivity contribution in [2.45, 2.75) is 70.1 Å². The van der Waals surface area contributed by atoms with Gasteiger partial charge >= 0.3 is 0 Å². The molecule has 2 saturated heterocycles. The normalized spacial score (nSPS) is 29.1. The zero-order valence-electron chi connectivity index (χ0n) is 14.7. The molecule has 1 aromatic rings. The van der Waals surface area contributed by atoms with Crippen LogP contribution in [0.4, 0.5) is 0 Å². The summed E-state index contributed by atoms with van der Waals surface area (Å²) in [6.45, 7) is 7.21. The molecule has 2 aliphatic heterocycles. The third-order valence-corrected chi connectivity index (χ3v) is 5.77. The molecule has 0 aromatic carbocycles. The zero-order chi connectivity index (χ0) is 16.7. The number of carbonyl (C=O) groups is 1. The lowest BCUT2D eigenvalue weighted by Gasteiger charge is -2.23. The Kier molecular flexibility index (Phi) is 4.30. The third kappa shape index (κ3) is 3.07. The van der Waals surface area contributed by atoms with Crippen LogP contribution in [0, 0.1) is 6.92 Å². The first-order chi connectivity index (χ1) is 11.6. The molecular formula is C17H28N6O. The van der Waals surface area contributed by atoms with Crippen molar-refractivity contribution >= 4 is 5.91 Å². The van der Waals surface area contributed by atoms with Gasteiger partial charge in [0.15, 0.2) is 5.69 Å². The van der Waals surface area contributed by atoms with Crippen LogP contribution in [0.1, 0.15) is 61.3 Å². The minimum Gasteiger partial charge on any atom is -0.346 e. The summed E-state index contributed by atoms with van der Waals surface area (Å²) in [6.07, 6.45) is 5.75. The summed E-state index contributed by atoms with van der Waals surface area (Å²) in [7, 11) is 0. The van der Waals surface area contributed by atoms with E-state index in [9.17, 15) is 4.79 Å². The fourth-order valence-corrected chi connectivity index (χ4v) is 4.28. The number of hydrogen-bond acceptors (Lipinski definition) is 5. The Morgan fingerprint density at radius 1 is 1.21 bits per heavy atom. The predicted molar refractivity (Wildman–Crippen MR) is 91.0 cm³/mol. The third-order valence-electron chi connectivity index (χ3n) is 5.77. The second-order valence-electron chi connectivity index (χ2n) is 7.63. The molecule has 2 N–H and O–H groups in total. The number of carbonyl (C=O) groups excluding carboxylic acids is 1. The maximum Gasteiger partial charge on any atom is 0.274 e. The minimum atomic E-state index is -0.0671. The van der Waals surface area contributed by atoms with Crippen LogP contribution in [0.3, 0.4) is 0 Å². The number of rotatable bonds is 4. The van der Waals surface area contributed by atoms with E-state index in [2.05, 4.69) is 32.8 Å². The molecular weight excluding hydrogens is 304 g/mol. The van der Waals surface area contributed by atoms with E-state index in [-0.39, 0.29) is 11.9 Å². The Morgan fingerprint density at radius 2 is 1.96 bits per heavy atom. The number of aromatic nitrogens is 3. The highest BCUT2D eigenvalue weighted by Crippen LogP contribution is 2.33. The minimum absolute atomic E-state index is 0.0671. The van der Waals surface area contributed by atoms with Crippen LogP contribution < -0.4 is 10.6 Å². The van der Waals surface area contributed by atoms with Crippen molar-refractivity contribution in [1.29, 1.82) is 0 Å². The quantitative estimate of drug-likeness (QED) is 0.856. The number of likely N-dealkylation sites (tertiary alicyclic amines) is 1. The molecule has 2 atom stereocenters. The van der Waals surface area contributed by atoms with E-state index in [0.717, 1.165) is 50.6 Å². The van der Waals surface area contributed by atoms with Gasteiger partial charge in [-0.25, -0.2) is 4.68 Å². The van der Waals surface area contributed by atoms with Crippen LogP contribution in [0.15, 0.2) is 0 Å². The fourth-order valence-electron chi connectivity index (χ4n) is 4.28. The molecule has 7 nitrogen and oxygen atoms in total. The van der Waals surface area contributed by atoms with Gasteiger partial charge in [-0.15, -0.1) is 5.10 Å². The van der Waals surface area contributed by atoms with Crippen molar-refractivity contribution in [3.05, 3.63) is 11.4 Å². The van der Waals surface area contributed by atoms with Gasteiger partial charge in [0.2, 0.25) is 0 Å². The Hall–Kier alpha value is -1.47. The van der Waals surface area contributed by atoms with Crippen molar-refractivity contribution in [2.24, 2.45) is 0 Å². The Labute approximate surface area is 143 Å². The summed E-state index contributed by atoms with van der Waals surface area (Å²) in [5.41, 5.74) is 1.38. The molecule has 4 rings (SSSR count). The lowest BCUT2D eigenvalue weighted by Crippen LogP contribution is -2.38. The molecule has 1 saturated carbocycles. The van der Waals surface area contributed by atoms with Gasteiger partial charge in [0, 0.05) is 24.7 Å². The number of nitrogens with zero attached hydrogens (tertiary/aromatic N) is 4. The second-order valence-corrected chi connectivity index (χ2v) is 7.63. The largest absolute Gasteiger partial charge is 0.346 e. The number of hydrogen-bond donors (Lipinski definition) is 2. The van der Waals surface area contributed by atoms with Gasteiger partial charge in [-0.05, 0) is 59.0 Å². The summed E-state index contributed by atoms with van der Waals surface area (Å²) < 4.78 is 1.95. The molecule has 0 radical (unpaired) electrons. The van der Waals surface area contributed by atoms with Crippen molar-refractivity contribution in [1.82, 2.24) is 30.5 Å². The molecule has 1 aromatic heterocycles. The lowest BCUT2D eigenvalue weighted by molar-refractivity contribution is 0.0931. The molecule has 7 heteroatoms. The molecule has 3 fully saturated rings. The van der Waals surface area contributed by atoms with Crippen LogP contribution in [0.25, 0.3) is 0 Å². The van der Waals surface area contributed by atoms with E-state index < -0.39 is 0 Å². The monoisotopic (exact) mass is 332 g/mol. The molecule has 0 unspecified atom stereocenters. The average molecular weight is 332 g/mol. The Morgan fingerprint density at radius 3 is 2.67 bits per heavy atom. The number of nitrogens with one attached hydrogen (secondary N) is 2. The Balaban J connectivity index is 1.40. The number of amides is 1. The van der Waals surface area contributed by atoms with Gasteiger partial charge in [-0.1, -0.05) is 5.21 Å². The molecule has 24 heavy (non-hydrogen) atoms. The van der Waals surface area contributed by atoms with Crippen molar-refractivity contribution < 1.29 is 4.79 Å². The lowest BCUT2D eigenvalue weighted by atomic mass is 10.1. The van der Waals surface area contributed by atoms with E-state index in [1.54, 1.807) is 0 Å². The van der Waals surface area contributed by atoms with Gasteiger partial charge in [0.25, 0.3) is 5.91 Å². The summed E-state index contributed by atoms with van der Waals surface area (Å²) in [4.78, 5) is 15.2. The van der Waals surface area contributed by atoms with E-state index in [4.69, 9.17) is 0 Å². The van der Waals surface area contributed by atoms with Crippen LogP contribution in [0.2, 0.25) is 0 Å². The first-order valence-corrected chi connectivity index (χ1v) is 9.32. The summed E-state index contributed by atoms with van der Waals surface area (Å²) in [5, 5.41) is 15.0. The van der Waals surface area contributed by atoms with E-state index in [1.807, 2.05) is 11.6 Å². The zero-order valence-corrected chi connectivity index (χ0v) is 14.7. The van der Waals surface area contributed by atoms with Crippen molar-refractivity contribution in [2.75, 3.05) is 19.6 Å². The number of piperidine rings is 1. The summed E-state index contributed by atoms with van der Waals surface area (Å²) >= 11 is 0. The van der Waals surface area contributed by atoms with E-state index in [0.29, 0.717) is 17.8 Å². The smallest absolute Gasteiger partial charge is 0.274 e. The molecule has 3 heterocycles. The van der Waals surface area contributed by atoms with Crippen molar-refractivity contribution in [3.63, 3.8) is 0 Å². The first-order valence-electron chi connectivity index (χ1n) is 9.32. The molecule has 0 bridgehead atoms. The van der Waals surface area contributed by atoms with E-state index in [1.165, 1.54) is 12.8 Å². The van der Waals surface area contributed by atoms with Crippen LogP contribution >= 0.6 is 0 Å². The topological polar surface area (TPSA) is 75.1 Å². The van der Waals surface area contributed by atoms with Crippen molar-refractivity contribution in [3.8, 4) is 0 Å². The molecule has 1 aliphatic carbocycles. The molecule has 132 valence electrons. The van der Waals surface area contributed by atoms with Crippen LogP contribution in [-0.2, 0) is 0 Å². The second kappa shape index (κ2) is 6.44. The SMILES string of the molecule is Cc1c(C(=O)N[C@@H]2C[C@H](C)N(C3CC3)C2)nnn1C1CCNCC1. The summed E-state index contributed by atoms with van der Waals surface area (Å²) in [5.74, 6) is -0.0671. The molecule has 3 aliphatic rings. The van der Waals surface area contributed by atoms with Gasteiger partial charge < -0.3 is 10.6 Å². The summed E-state index contributed by atoms with van der Waals surface area (Å²) in [6, 6.07) is 1.91. The van der Waals surface area contributed by atoms with Gasteiger partial charge in [-0.3, -0.25) is 9.69 Å². The van der Waals surface area contributed by atoms with Gasteiger partial charge in [0.05, 0.1) is 11.7 Å². The maximum atomic E-state index is 12.7.